The lowest BCUT2D eigenvalue weighted by Gasteiger charge is -2.34. The smallest absolute Gasteiger partial charge is 0.243 e. The van der Waals surface area contributed by atoms with Crippen molar-refractivity contribution in [3.05, 3.63) is 24.3 Å². The van der Waals surface area contributed by atoms with E-state index < -0.39 is 10.0 Å². The molecular formula is C14H21NO3S. The minimum atomic E-state index is -3.38. The highest BCUT2D eigenvalue weighted by atomic mass is 32.2. The first-order valence-electron chi connectivity index (χ1n) is 6.57. The summed E-state index contributed by atoms with van der Waals surface area (Å²) >= 11 is 0. The maximum Gasteiger partial charge on any atom is 0.243 e. The van der Waals surface area contributed by atoms with Gasteiger partial charge in [0.05, 0.1) is 12.0 Å². The molecule has 19 heavy (non-hydrogen) atoms. The predicted molar refractivity (Wildman–Crippen MR) is 74.7 cm³/mol. The van der Waals surface area contributed by atoms with Gasteiger partial charge in [0.1, 0.15) is 5.75 Å². The van der Waals surface area contributed by atoms with Crippen LogP contribution in [0.15, 0.2) is 29.2 Å². The molecule has 5 heteroatoms. The molecule has 0 bridgehead atoms. The lowest BCUT2D eigenvalue weighted by atomic mass is 9.94. The number of sulfonamides is 1. The number of hydrogen-bond donors (Lipinski definition) is 0. The minimum Gasteiger partial charge on any atom is -0.497 e. The monoisotopic (exact) mass is 283 g/mol. The summed E-state index contributed by atoms with van der Waals surface area (Å²) in [6.07, 6.45) is 1.09. The molecular weight excluding hydrogens is 262 g/mol. The minimum absolute atomic E-state index is 0.342. The summed E-state index contributed by atoms with van der Waals surface area (Å²) < 4.78 is 31.8. The Balaban J connectivity index is 2.25. The van der Waals surface area contributed by atoms with Crippen molar-refractivity contribution in [3.8, 4) is 5.75 Å². The lowest BCUT2D eigenvalue weighted by molar-refractivity contribution is 0.222. The molecule has 2 rings (SSSR count). The number of methoxy groups -OCH3 is 1. The Morgan fingerprint density at radius 1 is 1.11 bits per heavy atom. The average molecular weight is 283 g/mol. The van der Waals surface area contributed by atoms with Crippen molar-refractivity contribution >= 4 is 10.0 Å². The SMILES string of the molecule is COc1ccc(S(=O)(=O)N2C[C@H](C)C[C@@H](C)C2)cc1. The molecule has 0 saturated carbocycles. The lowest BCUT2D eigenvalue weighted by Crippen LogP contribution is -2.42. The van der Waals surface area contributed by atoms with Crippen molar-refractivity contribution in [1.29, 1.82) is 0 Å². The maximum atomic E-state index is 12.6. The third-order valence-electron chi connectivity index (χ3n) is 3.53. The fourth-order valence-electron chi connectivity index (χ4n) is 2.70. The first-order valence-corrected chi connectivity index (χ1v) is 8.01. The van der Waals surface area contributed by atoms with Crippen LogP contribution in [0.5, 0.6) is 5.75 Å². The molecule has 106 valence electrons. The van der Waals surface area contributed by atoms with Crippen molar-refractivity contribution in [2.24, 2.45) is 11.8 Å². The van der Waals surface area contributed by atoms with Gasteiger partial charge in [-0.15, -0.1) is 0 Å². The molecule has 0 aromatic heterocycles. The van der Waals surface area contributed by atoms with Gasteiger partial charge >= 0.3 is 0 Å². The molecule has 0 unspecified atom stereocenters. The van der Waals surface area contributed by atoms with Gasteiger partial charge in [0.25, 0.3) is 0 Å². The number of ether oxygens (including phenoxy) is 1. The standard InChI is InChI=1S/C14H21NO3S/c1-11-8-12(2)10-15(9-11)19(16,17)14-6-4-13(18-3)5-7-14/h4-7,11-12H,8-10H2,1-3H3/t11-,12-/m1/s1. The molecule has 0 N–H and O–H groups in total. The van der Waals surface area contributed by atoms with Crippen molar-refractivity contribution in [3.63, 3.8) is 0 Å². The van der Waals surface area contributed by atoms with Crippen LogP contribution in [0, 0.1) is 11.8 Å². The van der Waals surface area contributed by atoms with Crippen LogP contribution in [-0.2, 0) is 10.0 Å². The fraction of sp³-hybridized carbons (Fsp3) is 0.571. The molecule has 1 heterocycles. The van der Waals surface area contributed by atoms with Crippen LogP contribution in [0.4, 0.5) is 0 Å². The van der Waals surface area contributed by atoms with Crippen LogP contribution in [-0.4, -0.2) is 32.9 Å². The van der Waals surface area contributed by atoms with Gasteiger partial charge in [-0.2, -0.15) is 4.31 Å². The maximum absolute atomic E-state index is 12.6. The van der Waals surface area contributed by atoms with Gasteiger partial charge in [-0.1, -0.05) is 13.8 Å². The van der Waals surface area contributed by atoms with Gasteiger partial charge in [0.2, 0.25) is 10.0 Å². The van der Waals surface area contributed by atoms with E-state index in [0.29, 0.717) is 35.6 Å². The van der Waals surface area contributed by atoms with Crippen LogP contribution >= 0.6 is 0 Å². The second-order valence-electron chi connectivity index (χ2n) is 5.44. The number of hydrogen-bond acceptors (Lipinski definition) is 3. The van der Waals surface area contributed by atoms with E-state index in [-0.39, 0.29) is 0 Å². The second-order valence-corrected chi connectivity index (χ2v) is 7.38. The molecule has 4 nitrogen and oxygen atoms in total. The van der Waals surface area contributed by atoms with E-state index in [1.54, 1.807) is 35.7 Å². The Labute approximate surface area is 115 Å². The van der Waals surface area contributed by atoms with E-state index in [1.807, 2.05) is 0 Å². The van der Waals surface area contributed by atoms with E-state index >= 15 is 0 Å². The van der Waals surface area contributed by atoms with Crippen molar-refractivity contribution in [2.45, 2.75) is 25.2 Å². The summed E-state index contributed by atoms with van der Waals surface area (Å²) in [4.78, 5) is 0.342. The van der Waals surface area contributed by atoms with E-state index in [1.165, 1.54) is 0 Å². The highest BCUT2D eigenvalue weighted by Crippen LogP contribution is 2.27. The summed E-state index contributed by atoms with van der Waals surface area (Å²) in [5.41, 5.74) is 0. The summed E-state index contributed by atoms with van der Waals surface area (Å²) in [7, 11) is -1.81. The normalized spacial score (nSPS) is 25.2. The highest BCUT2D eigenvalue weighted by molar-refractivity contribution is 7.89. The molecule has 1 aliphatic heterocycles. The summed E-state index contributed by atoms with van der Waals surface area (Å²) in [5.74, 6) is 1.49. The van der Waals surface area contributed by atoms with E-state index in [0.717, 1.165) is 6.42 Å². The van der Waals surface area contributed by atoms with Crippen molar-refractivity contribution in [1.82, 2.24) is 4.31 Å². The van der Waals surface area contributed by atoms with Crippen LogP contribution in [0.25, 0.3) is 0 Å². The Morgan fingerprint density at radius 3 is 2.11 bits per heavy atom. The van der Waals surface area contributed by atoms with Gasteiger partial charge in [-0.05, 0) is 42.5 Å². The van der Waals surface area contributed by atoms with Gasteiger partial charge < -0.3 is 4.74 Å². The van der Waals surface area contributed by atoms with Crippen LogP contribution in [0.3, 0.4) is 0 Å². The topological polar surface area (TPSA) is 46.6 Å². The summed E-state index contributed by atoms with van der Waals surface area (Å²) in [6, 6.07) is 6.59. The third-order valence-corrected chi connectivity index (χ3v) is 5.38. The van der Waals surface area contributed by atoms with Crippen LogP contribution in [0.1, 0.15) is 20.3 Å². The number of piperidine rings is 1. The van der Waals surface area contributed by atoms with Crippen molar-refractivity contribution < 1.29 is 13.2 Å². The van der Waals surface area contributed by atoms with E-state index in [2.05, 4.69) is 13.8 Å². The second kappa shape index (κ2) is 5.51. The summed E-state index contributed by atoms with van der Waals surface area (Å²) in [5, 5.41) is 0. The first kappa shape index (κ1) is 14.3. The fourth-order valence-corrected chi connectivity index (χ4v) is 4.38. The van der Waals surface area contributed by atoms with Crippen LogP contribution < -0.4 is 4.74 Å². The zero-order valence-corrected chi connectivity index (χ0v) is 12.5. The molecule has 0 radical (unpaired) electrons. The van der Waals surface area contributed by atoms with Gasteiger partial charge in [-0.25, -0.2) is 8.42 Å². The van der Waals surface area contributed by atoms with Crippen LogP contribution in [0.2, 0.25) is 0 Å². The largest absolute Gasteiger partial charge is 0.497 e. The number of nitrogens with zero attached hydrogens (tertiary/aromatic N) is 1. The van der Waals surface area contributed by atoms with Gasteiger partial charge in [0, 0.05) is 13.1 Å². The zero-order chi connectivity index (χ0) is 14.0. The van der Waals surface area contributed by atoms with Gasteiger partial charge in [-0.3, -0.25) is 0 Å². The molecule has 0 amide bonds. The molecule has 2 atom stereocenters. The average Bonchev–Trinajstić information content (AvgIpc) is 2.37. The molecule has 1 fully saturated rings. The molecule has 1 aromatic carbocycles. The van der Waals surface area contributed by atoms with Crippen molar-refractivity contribution in [2.75, 3.05) is 20.2 Å². The summed E-state index contributed by atoms with van der Waals surface area (Å²) in [6.45, 7) is 5.43. The molecule has 1 aliphatic rings. The molecule has 0 aliphatic carbocycles. The third kappa shape index (κ3) is 3.09. The Kier molecular flexibility index (Phi) is 4.16. The van der Waals surface area contributed by atoms with Gasteiger partial charge in [0.15, 0.2) is 0 Å². The Bertz CT molecular complexity index is 514. The number of benzene rings is 1. The Hall–Kier alpha value is -1.07. The molecule has 1 saturated heterocycles. The van der Waals surface area contributed by atoms with E-state index in [4.69, 9.17) is 4.74 Å². The van der Waals surface area contributed by atoms with E-state index in [9.17, 15) is 8.42 Å². The zero-order valence-electron chi connectivity index (χ0n) is 11.7. The predicted octanol–water partition coefficient (Wildman–Crippen LogP) is 2.36. The first-order chi connectivity index (χ1) is 8.93. The highest BCUT2D eigenvalue weighted by Gasteiger charge is 2.31. The quantitative estimate of drug-likeness (QED) is 0.855. The molecule has 1 aromatic rings. The Morgan fingerprint density at radius 2 is 1.63 bits per heavy atom. The molecule has 0 spiro atoms. The number of rotatable bonds is 3.